The van der Waals surface area contributed by atoms with Crippen molar-refractivity contribution < 1.29 is 36.3 Å². The van der Waals surface area contributed by atoms with E-state index in [-0.39, 0.29) is 53.2 Å². The van der Waals surface area contributed by atoms with Gasteiger partial charge in [-0.25, -0.2) is 18.2 Å². The average molecular weight is 593 g/mol. The zero-order valence-electron chi connectivity index (χ0n) is 20.5. The minimum Gasteiger partial charge on any atom is -0.478 e. The number of nitrogens with zero attached hydrogens (tertiary/aromatic N) is 4. The third kappa shape index (κ3) is 5.15. The minimum atomic E-state index is -4.60. The van der Waals surface area contributed by atoms with Crippen molar-refractivity contribution in [3.05, 3.63) is 88.7 Å². The predicted molar refractivity (Wildman–Crippen MR) is 140 cm³/mol. The van der Waals surface area contributed by atoms with Gasteiger partial charge >= 0.3 is 12.1 Å². The number of rotatable bonds is 5. The first kappa shape index (κ1) is 27.6. The first-order valence-corrected chi connectivity index (χ1v) is 13.7. The number of fused-ring (bicyclic) bond motifs is 1. The van der Waals surface area contributed by atoms with Crippen LogP contribution in [0, 0.1) is 0 Å². The molecule has 1 N–H and O–H groups in total. The van der Waals surface area contributed by atoms with Gasteiger partial charge in [-0.15, -0.1) is 0 Å². The van der Waals surface area contributed by atoms with Gasteiger partial charge in [0.1, 0.15) is 11.0 Å². The van der Waals surface area contributed by atoms with E-state index in [1.54, 1.807) is 12.1 Å². The maximum Gasteiger partial charge on any atom is 0.416 e. The van der Waals surface area contributed by atoms with Crippen molar-refractivity contribution >= 4 is 50.2 Å². The number of carboxylic acids is 1. The van der Waals surface area contributed by atoms with Gasteiger partial charge < -0.3 is 10.0 Å². The molecule has 0 saturated carbocycles. The van der Waals surface area contributed by atoms with Crippen molar-refractivity contribution in [1.82, 2.24) is 13.9 Å². The number of hydrogen-bond donors (Lipinski definition) is 1. The lowest BCUT2D eigenvalue weighted by Gasteiger charge is -2.35. The molecule has 1 fully saturated rings. The molecule has 1 aliphatic heterocycles. The van der Waals surface area contributed by atoms with E-state index >= 15 is 0 Å². The van der Waals surface area contributed by atoms with E-state index < -0.39 is 33.6 Å². The number of hydrogen-bond acceptors (Lipinski definition) is 6. The summed E-state index contributed by atoms with van der Waals surface area (Å²) in [6, 6.07) is 13.2. The lowest BCUT2D eigenvalue weighted by atomic mass is 10.1. The minimum absolute atomic E-state index is 0.00137. The number of aromatic carboxylic acids is 1. The number of piperazine rings is 1. The Balaban J connectivity index is 1.36. The molecule has 4 aromatic rings. The molecule has 0 aliphatic carbocycles. The zero-order valence-corrected chi connectivity index (χ0v) is 22.0. The van der Waals surface area contributed by atoms with Crippen LogP contribution in [-0.4, -0.2) is 65.4 Å². The number of benzene rings is 2. The summed E-state index contributed by atoms with van der Waals surface area (Å²) >= 11 is 5.79. The standard InChI is InChI=1S/C26H20ClF3N4O5S/c27-22-14-17(26(28,29)30)15-23(31-22)32-9-11-33(12-10-32)40(38,39)18-5-6-21-16(13-18)7-8-34(21)24(35)19-3-1-2-4-20(19)25(36)37/h1-8,13-15H,9-12H2,(H,36,37). The highest BCUT2D eigenvalue weighted by molar-refractivity contribution is 7.89. The van der Waals surface area contributed by atoms with E-state index in [4.69, 9.17) is 11.6 Å². The summed E-state index contributed by atoms with van der Waals surface area (Å²) in [5, 5.41) is 9.56. The SMILES string of the molecule is O=C(O)c1ccccc1C(=O)n1ccc2cc(S(=O)(=O)N3CCN(c4cc(C(F)(F)F)cc(Cl)n4)CC3)ccc21. The molecule has 0 amide bonds. The fraction of sp³-hybridized carbons (Fsp3) is 0.192. The fourth-order valence-corrected chi connectivity index (χ4v) is 6.22. The second-order valence-corrected chi connectivity index (χ2v) is 11.3. The quantitative estimate of drug-likeness (QED) is 0.337. The Morgan fingerprint density at radius 3 is 2.25 bits per heavy atom. The van der Waals surface area contributed by atoms with Gasteiger partial charge in [0, 0.05) is 37.8 Å². The number of aromatic nitrogens is 2. The number of pyridine rings is 1. The van der Waals surface area contributed by atoms with Crippen LogP contribution in [0.5, 0.6) is 0 Å². The zero-order chi connectivity index (χ0) is 28.8. The molecule has 1 aliphatic rings. The Hall–Kier alpha value is -3.94. The van der Waals surface area contributed by atoms with Crippen LogP contribution in [0.15, 0.2) is 71.8 Å². The van der Waals surface area contributed by atoms with Gasteiger partial charge in [-0.2, -0.15) is 17.5 Å². The molecule has 2 aromatic heterocycles. The molecule has 0 atom stereocenters. The highest BCUT2D eigenvalue weighted by Gasteiger charge is 2.34. The van der Waals surface area contributed by atoms with Crippen LogP contribution in [0.3, 0.4) is 0 Å². The van der Waals surface area contributed by atoms with E-state index in [0.29, 0.717) is 10.9 Å². The van der Waals surface area contributed by atoms with Gasteiger partial charge in [-0.3, -0.25) is 9.36 Å². The van der Waals surface area contributed by atoms with Crippen molar-refractivity contribution in [1.29, 1.82) is 0 Å². The Morgan fingerprint density at radius 2 is 1.60 bits per heavy atom. The topological polar surface area (TPSA) is 113 Å². The molecule has 208 valence electrons. The normalized spacial score (nSPS) is 14.9. The van der Waals surface area contributed by atoms with Crippen molar-refractivity contribution in [3.63, 3.8) is 0 Å². The van der Waals surface area contributed by atoms with Gasteiger partial charge in [0.05, 0.1) is 27.1 Å². The molecule has 0 bridgehead atoms. The molecule has 0 radical (unpaired) electrons. The highest BCUT2D eigenvalue weighted by Crippen LogP contribution is 2.33. The van der Waals surface area contributed by atoms with Crippen LogP contribution in [0.1, 0.15) is 26.3 Å². The molecule has 0 unspecified atom stereocenters. The Morgan fingerprint density at radius 1 is 0.925 bits per heavy atom. The van der Waals surface area contributed by atoms with E-state index in [1.165, 1.54) is 56.4 Å². The molecular formula is C26H20ClF3N4O5S. The van der Waals surface area contributed by atoms with E-state index in [0.717, 1.165) is 12.1 Å². The smallest absolute Gasteiger partial charge is 0.416 e. The maximum absolute atomic E-state index is 13.4. The molecule has 3 heterocycles. The van der Waals surface area contributed by atoms with Crippen LogP contribution in [-0.2, 0) is 16.2 Å². The summed E-state index contributed by atoms with van der Waals surface area (Å²) in [6.45, 7) is 0.197. The average Bonchev–Trinajstić information content (AvgIpc) is 3.35. The van der Waals surface area contributed by atoms with Crippen LogP contribution < -0.4 is 4.90 Å². The molecular weight excluding hydrogens is 573 g/mol. The Labute approximate surface area is 231 Å². The van der Waals surface area contributed by atoms with E-state index in [2.05, 4.69) is 4.98 Å². The van der Waals surface area contributed by atoms with Gasteiger partial charge in [0.2, 0.25) is 10.0 Å². The summed E-state index contributed by atoms with van der Waals surface area (Å²) in [5.74, 6) is -1.82. The fourth-order valence-electron chi connectivity index (χ4n) is 4.56. The van der Waals surface area contributed by atoms with Crippen LogP contribution in [0.4, 0.5) is 19.0 Å². The van der Waals surface area contributed by atoms with Crippen LogP contribution in [0.2, 0.25) is 5.15 Å². The summed E-state index contributed by atoms with van der Waals surface area (Å²) in [5.41, 5.74) is -0.724. The van der Waals surface area contributed by atoms with Gasteiger partial charge in [-0.1, -0.05) is 23.7 Å². The second kappa shape index (κ2) is 10.2. The molecule has 14 heteroatoms. The van der Waals surface area contributed by atoms with Gasteiger partial charge in [0.15, 0.2) is 0 Å². The van der Waals surface area contributed by atoms with Crippen LogP contribution >= 0.6 is 11.6 Å². The van der Waals surface area contributed by atoms with Crippen molar-refractivity contribution in [2.24, 2.45) is 0 Å². The van der Waals surface area contributed by atoms with Crippen molar-refractivity contribution in [2.75, 3.05) is 31.1 Å². The summed E-state index contributed by atoms with van der Waals surface area (Å²) in [6.07, 6.45) is -3.16. The predicted octanol–water partition coefficient (Wildman–Crippen LogP) is 4.61. The van der Waals surface area contributed by atoms with Gasteiger partial charge in [-0.05, 0) is 48.5 Å². The lowest BCUT2D eigenvalue weighted by molar-refractivity contribution is -0.137. The van der Waals surface area contributed by atoms with E-state index in [1.807, 2.05) is 0 Å². The lowest BCUT2D eigenvalue weighted by Crippen LogP contribution is -2.49. The van der Waals surface area contributed by atoms with Crippen molar-refractivity contribution in [2.45, 2.75) is 11.1 Å². The molecule has 40 heavy (non-hydrogen) atoms. The van der Waals surface area contributed by atoms with Crippen LogP contribution in [0.25, 0.3) is 10.9 Å². The third-order valence-corrected chi connectivity index (χ3v) is 8.66. The monoisotopic (exact) mass is 592 g/mol. The molecule has 5 rings (SSSR count). The second-order valence-electron chi connectivity index (χ2n) is 8.99. The number of carboxylic acid groups (broad SMARTS) is 1. The largest absolute Gasteiger partial charge is 0.478 e. The molecule has 0 spiro atoms. The molecule has 9 nitrogen and oxygen atoms in total. The number of alkyl halides is 3. The molecule has 1 saturated heterocycles. The first-order chi connectivity index (χ1) is 18.9. The summed E-state index contributed by atoms with van der Waals surface area (Å²) < 4.78 is 68.8. The maximum atomic E-state index is 13.4. The Bertz CT molecular complexity index is 1750. The number of carbonyl (C=O) groups excluding carboxylic acids is 1. The van der Waals surface area contributed by atoms with E-state index in [9.17, 15) is 36.3 Å². The number of halogens is 4. The molecule has 2 aromatic carbocycles. The number of anilines is 1. The number of sulfonamides is 1. The summed E-state index contributed by atoms with van der Waals surface area (Å²) in [7, 11) is -3.97. The number of carbonyl (C=O) groups is 2. The third-order valence-electron chi connectivity index (χ3n) is 6.58. The Kier molecular flexibility index (Phi) is 7.06. The highest BCUT2D eigenvalue weighted by atomic mass is 35.5. The van der Waals surface area contributed by atoms with Crippen molar-refractivity contribution in [3.8, 4) is 0 Å². The summed E-state index contributed by atoms with van der Waals surface area (Å²) in [4.78, 5) is 30.1. The van der Waals surface area contributed by atoms with Gasteiger partial charge in [0.25, 0.3) is 5.91 Å². The first-order valence-electron chi connectivity index (χ1n) is 11.8.